The maximum Gasteiger partial charge on any atom is 0.140 e. The summed E-state index contributed by atoms with van der Waals surface area (Å²) in [5, 5.41) is 9.65. The second kappa shape index (κ2) is 3.72. The molecule has 2 heterocycles. The first-order chi connectivity index (χ1) is 8.18. The molecule has 0 aliphatic carbocycles. The highest BCUT2D eigenvalue weighted by molar-refractivity contribution is 6.45. The zero-order valence-electron chi connectivity index (χ0n) is 8.61. The minimum atomic E-state index is 0.351. The van der Waals surface area contributed by atoms with E-state index in [0.29, 0.717) is 32.1 Å². The van der Waals surface area contributed by atoms with Gasteiger partial charge in [0.25, 0.3) is 0 Å². The van der Waals surface area contributed by atoms with Crippen molar-refractivity contribution in [3.63, 3.8) is 0 Å². The first-order valence-corrected chi connectivity index (χ1v) is 5.74. The molecule has 0 saturated heterocycles. The van der Waals surface area contributed by atoms with Crippen molar-refractivity contribution in [2.45, 2.75) is 0 Å². The van der Waals surface area contributed by atoms with Gasteiger partial charge in [-0.3, -0.25) is 9.81 Å². The first kappa shape index (κ1) is 10.6. The van der Waals surface area contributed by atoms with Crippen molar-refractivity contribution in [3.05, 3.63) is 52.1 Å². The van der Waals surface area contributed by atoms with E-state index in [1.807, 2.05) is 18.2 Å². The highest BCUT2D eigenvalue weighted by atomic mass is 35.5. The Morgan fingerprint density at radius 2 is 1.94 bits per heavy atom. The lowest BCUT2D eigenvalue weighted by Crippen LogP contribution is -2.15. The Morgan fingerprint density at radius 3 is 2.76 bits per heavy atom. The van der Waals surface area contributed by atoms with Gasteiger partial charge in [0.15, 0.2) is 0 Å². The first-order valence-electron chi connectivity index (χ1n) is 4.98. The van der Waals surface area contributed by atoms with E-state index in [1.54, 1.807) is 22.7 Å². The van der Waals surface area contributed by atoms with Gasteiger partial charge in [0.1, 0.15) is 11.1 Å². The van der Waals surface area contributed by atoms with Crippen LogP contribution in [0.3, 0.4) is 0 Å². The third-order valence-electron chi connectivity index (χ3n) is 2.63. The molecule has 0 amide bonds. The second-order valence-corrected chi connectivity index (χ2v) is 4.43. The minimum Gasteiger partial charge on any atom is -0.286 e. The molecule has 0 fully saturated rings. The predicted molar refractivity (Wildman–Crippen MR) is 68.6 cm³/mol. The summed E-state index contributed by atoms with van der Waals surface area (Å²) in [5.74, 6) is 0. The van der Waals surface area contributed by atoms with E-state index in [0.717, 1.165) is 0 Å². The van der Waals surface area contributed by atoms with Crippen LogP contribution in [0.2, 0.25) is 10.0 Å². The average molecular weight is 264 g/mol. The number of hydrogen-bond acceptors (Lipinski definition) is 2. The van der Waals surface area contributed by atoms with E-state index < -0.39 is 0 Å². The van der Waals surface area contributed by atoms with Crippen LogP contribution in [0.15, 0.2) is 36.5 Å². The van der Waals surface area contributed by atoms with Crippen LogP contribution in [-0.4, -0.2) is 9.38 Å². The Labute approximate surface area is 107 Å². The van der Waals surface area contributed by atoms with E-state index in [2.05, 4.69) is 4.98 Å². The lowest BCUT2D eigenvalue weighted by molar-refractivity contribution is 1.00. The Bertz CT molecular complexity index is 793. The number of benzene rings is 1. The van der Waals surface area contributed by atoms with Crippen LogP contribution in [0, 0.1) is 5.41 Å². The van der Waals surface area contributed by atoms with Crippen LogP contribution >= 0.6 is 23.2 Å². The van der Waals surface area contributed by atoms with Crippen molar-refractivity contribution in [3.8, 4) is 0 Å². The molecular formula is C12H7Cl2N3. The third-order valence-corrected chi connectivity index (χ3v) is 3.42. The molecule has 1 aromatic carbocycles. The Balaban J connectivity index is 2.64. The largest absolute Gasteiger partial charge is 0.286 e. The number of pyridine rings is 1. The molecule has 0 bridgehead atoms. The van der Waals surface area contributed by atoms with Crippen molar-refractivity contribution in [1.29, 1.82) is 5.41 Å². The van der Waals surface area contributed by atoms with Crippen LogP contribution in [0.5, 0.6) is 0 Å². The molecule has 0 saturated carbocycles. The Kier molecular flexibility index (Phi) is 2.31. The number of nitrogens with zero attached hydrogens (tertiary/aromatic N) is 2. The molecule has 0 aliphatic heterocycles. The maximum atomic E-state index is 8.12. The Hall–Kier alpha value is -1.58. The summed E-state index contributed by atoms with van der Waals surface area (Å²) in [6.07, 6.45) is 1.80. The molecule has 0 unspecified atom stereocenters. The van der Waals surface area contributed by atoms with Crippen molar-refractivity contribution < 1.29 is 0 Å². The van der Waals surface area contributed by atoms with Crippen LogP contribution in [0.4, 0.5) is 0 Å². The molecule has 1 N–H and O–H groups in total. The van der Waals surface area contributed by atoms with Crippen LogP contribution in [-0.2, 0) is 0 Å². The van der Waals surface area contributed by atoms with Gasteiger partial charge < -0.3 is 0 Å². The van der Waals surface area contributed by atoms with Crippen molar-refractivity contribution in [2.75, 3.05) is 0 Å². The molecule has 0 aliphatic rings. The van der Waals surface area contributed by atoms with E-state index in [-0.39, 0.29) is 0 Å². The van der Waals surface area contributed by atoms with Gasteiger partial charge in [-0.15, -0.1) is 0 Å². The molecule has 0 spiro atoms. The fourth-order valence-corrected chi connectivity index (χ4v) is 2.16. The predicted octanol–water partition coefficient (Wildman–Crippen LogP) is 3.27. The summed E-state index contributed by atoms with van der Waals surface area (Å²) in [6, 6.07) is 9.00. The molecule has 0 atom stereocenters. The molecule has 17 heavy (non-hydrogen) atoms. The highest BCUT2D eigenvalue weighted by Gasteiger charge is 2.08. The maximum absolute atomic E-state index is 8.12. The monoisotopic (exact) mass is 263 g/mol. The minimum absolute atomic E-state index is 0.351. The molecule has 84 valence electrons. The molecule has 0 radical (unpaired) electrons. The number of rotatable bonds is 0. The van der Waals surface area contributed by atoms with E-state index in [4.69, 9.17) is 28.6 Å². The summed E-state index contributed by atoms with van der Waals surface area (Å²) in [4.78, 5) is 4.43. The number of nitrogens with one attached hydrogen (secondary N) is 1. The van der Waals surface area contributed by atoms with Gasteiger partial charge >= 0.3 is 0 Å². The van der Waals surface area contributed by atoms with E-state index >= 15 is 0 Å². The van der Waals surface area contributed by atoms with Crippen LogP contribution in [0.1, 0.15) is 0 Å². The molecule has 2 aromatic heterocycles. The second-order valence-electron chi connectivity index (χ2n) is 3.65. The number of aromatic nitrogens is 2. The summed E-state index contributed by atoms with van der Waals surface area (Å²) < 4.78 is 1.70. The van der Waals surface area contributed by atoms with Crippen molar-refractivity contribution in [1.82, 2.24) is 9.38 Å². The highest BCUT2D eigenvalue weighted by Crippen LogP contribution is 2.27. The SMILES string of the molecule is N=c1c2ccc(Cl)c(Cl)c2nc2ccccn12. The van der Waals surface area contributed by atoms with Gasteiger partial charge in [-0.25, -0.2) is 4.98 Å². The quantitative estimate of drug-likeness (QED) is 0.622. The van der Waals surface area contributed by atoms with Gasteiger partial charge in [-0.05, 0) is 24.3 Å². The lowest BCUT2D eigenvalue weighted by atomic mass is 10.2. The van der Waals surface area contributed by atoms with Crippen molar-refractivity contribution >= 4 is 39.8 Å². The molecule has 3 nitrogen and oxygen atoms in total. The van der Waals surface area contributed by atoms with Crippen LogP contribution < -0.4 is 5.49 Å². The average Bonchev–Trinajstić information content (AvgIpc) is 2.35. The summed E-state index contributed by atoms with van der Waals surface area (Å²) in [7, 11) is 0. The fraction of sp³-hybridized carbons (Fsp3) is 0. The van der Waals surface area contributed by atoms with Gasteiger partial charge in [0.05, 0.1) is 15.6 Å². The van der Waals surface area contributed by atoms with E-state index in [1.165, 1.54) is 0 Å². The lowest BCUT2D eigenvalue weighted by Gasteiger charge is -2.06. The number of hydrogen-bond donors (Lipinski definition) is 1. The topological polar surface area (TPSA) is 41.2 Å². The molecule has 5 heteroatoms. The smallest absolute Gasteiger partial charge is 0.140 e. The van der Waals surface area contributed by atoms with Gasteiger partial charge in [-0.1, -0.05) is 29.3 Å². The molecule has 3 rings (SSSR count). The van der Waals surface area contributed by atoms with Crippen LogP contribution in [0.25, 0.3) is 16.6 Å². The third kappa shape index (κ3) is 1.51. The molecular weight excluding hydrogens is 257 g/mol. The summed E-state index contributed by atoms with van der Waals surface area (Å²) in [6.45, 7) is 0. The standard InChI is InChI=1S/C12H7Cl2N3/c13-8-5-4-7-11(10(8)14)16-9-3-1-2-6-17(9)12(7)15/h1-6,15H. The zero-order chi connectivity index (χ0) is 12.0. The normalized spacial score (nSPS) is 11.2. The molecule has 3 aromatic rings. The van der Waals surface area contributed by atoms with Gasteiger partial charge in [0, 0.05) is 11.6 Å². The fourth-order valence-electron chi connectivity index (χ4n) is 1.80. The summed E-state index contributed by atoms with van der Waals surface area (Å²) in [5.41, 5.74) is 1.59. The summed E-state index contributed by atoms with van der Waals surface area (Å²) >= 11 is 12.1. The van der Waals surface area contributed by atoms with E-state index in [9.17, 15) is 0 Å². The number of halogens is 2. The van der Waals surface area contributed by atoms with Gasteiger partial charge in [-0.2, -0.15) is 0 Å². The zero-order valence-corrected chi connectivity index (χ0v) is 10.1. The number of fused-ring (bicyclic) bond motifs is 2. The van der Waals surface area contributed by atoms with Crippen molar-refractivity contribution in [2.24, 2.45) is 0 Å². The Morgan fingerprint density at radius 1 is 1.12 bits per heavy atom. The van der Waals surface area contributed by atoms with Gasteiger partial charge in [0.2, 0.25) is 0 Å².